The fraction of sp³-hybridized carbons (Fsp3) is 0.330. The van der Waals surface area contributed by atoms with Crippen molar-refractivity contribution in [2.24, 2.45) is 5.73 Å². The van der Waals surface area contributed by atoms with Crippen LogP contribution in [0.15, 0.2) is 267 Å². The molecule has 5 atom stereocenters. The van der Waals surface area contributed by atoms with E-state index in [4.69, 9.17) is 62.6 Å². The summed E-state index contributed by atoms with van der Waals surface area (Å²) in [4.78, 5) is 92.7. The molecule has 0 amide bonds. The van der Waals surface area contributed by atoms with Crippen LogP contribution in [0.25, 0.3) is 0 Å². The highest BCUT2D eigenvalue weighted by Crippen LogP contribution is 2.29. The first kappa shape index (κ1) is 109. The Labute approximate surface area is 808 Å². The summed E-state index contributed by atoms with van der Waals surface area (Å²) in [6, 6.07) is 81.5. The molecule has 0 unspecified atom stereocenters. The van der Waals surface area contributed by atoms with Gasteiger partial charge in [-0.25, -0.2) is 28.8 Å². The Morgan fingerprint density at radius 3 is 0.715 bits per heavy atom. The molecule has 0 aromatic heterocycles. The zero-order valence-electron chi connectivity index (χ0n) is 80.4. The lowest BCUT2D eigenvalue weighted by atomic mass is 10.0. The first-order valence-corrected chi connectivity index (χ1v) is 46.3. The Morgan fingerprint density at radius 2 is 0.504 bits per heavy atom. The molecule has 0 aliphatic carbocycles. The van der Waals surface area contributed by atoms with Gasteiger partial charge in [0.25, 0.3) is 0 Å². The van der Waals surface area contributed by atoms with E-state index in [0.29, 0.717) is 45.6 Å². The van der Waals surface area contributed by atoms with Crippen LogP contribution in [-0.4, -0.2) is 250 Å². The Bertz CT molecular complexity index is 5120. The molecular formula is C109H129N5O22S. The molecule has 137 heavy (non-hydrogen) atoms. The number of rotatable bonds is 50. The number of likely N-dealkylation sites (N-methyl/N-ethyl adjacent to an activating group) is 4. The van der Waals surface area contributed by atoms with Crippen molar-refractivity contribution >= 4 is 53.5 Å². The minimum Gasteiger partial charge on any atom is -0.497 e. The maximum absolute atomic E-state index is 12.8. The van der Waals surface area contributed by atoms with Gasteiger partial charge in [0.2, 0.25) is 0 Å². The van der Waals surface area contributed by atoms with Gasteiger partial charge in [0.05, 0.1) is 67.2 Å². The summed E-state index contributed by atoms with van der Waals surface area (Å²) in [6.45, 7) is 2.58. The summed E-state index contributed by atoms with van der Waals surface area (Å²) in [7, 11) is 21.7. The van der Waals surface area contributed by atoms with Gasteiger partial charge in [0.15, 0.2) is 0 Å². The highest BCUT2D eigenvalue weighted by atomic mass is 32.2. The molecule has 0 heterocycles. The number of aromatic carboxylic acids is 3. The second kappa shape index (κ2) is 58.5. The van der Waals surface area contributed by atoms with Crippen LogP contribution >= 0.6 is 11.8 Å². The topological polar surface area (TPSA) is 330 Å². The molecule has 0 aliphatic rings. The van der Waals surface area contributed by atoms with Crippen LogP contribution in [0.1, 0.15) is 119 Å². The Kier molecular flexibility index (Phi) is 46.4. The molecular weight excluding hydrogens is 1760 g/mol. The lowest BCUT2D eigenvalue weighted by Gasteiger charge is -2.23. The quantitative estimate of drug-likeness (QED) is 0.0156. The van der Waals surface area contributed by atoms with Crippen LogP contribution in [-0.2, 0) is 75.1 Å². The third kappa shape index (κ3) is 38.5. The lowest BCUT2D eigenvalue weighted by molar-refractivity contribution is -0.151. The van der Waals surface area contributed by atoms with E-state index in [1.54, 1.807) is 76.6 Å². The fourth-order valence-electron chi connectivity index (χ4n) is 14.4. The minimum atomic E-state index is -1.18. The Hall–Kier alpha value is -13.7. The van der Waals surface area contributed by atoms with E-state index in [0.717, 1.165) is 120 Å². The molecule has 11 rings (SSSR count). The molecule has 728 valence electrons. The number of carbonyl (C=O) groups is 7. The smallest absolute Gasteiger partial charge is 0.339 e. The summed E-state index contributed by atoms with van der Waals surface area (Å²) >= 11 is 1.54. The number of benzene rings is 11. The number of nitrogens with two attached hydrogens (primary N) is 1. The van der Waals surface area contributed by atoms with Gasteiger partial charge in [-0.05, 0) is 274 Å². The highest BCUT2D eigenvalue weighted by Gasteiger charge is 2.28. The van der Waals surface area contributed by atoms with Crippen molar-refractivity contribution in [1.82, 2.24) is 19.6 Å². The zero-order valence-corrected chi connectivity index (χ0v) is 81.2. The van der Waals surface area contributed by atoms with Crippen LogP contribution in [0.5, 0.6) is 46.0 Å². The molecule has 0 aliphatic heterocycles. The van der Waals surface area contributed by atoms with Crippen LogP contribution in [0.3, 0.4) is 0 Å². The van der Waals surface area contributed by atoms with E-state index < -0.39 is 54.1 Å². The van der Waals surface area contributed by atoms with E-state index in [1.807, 2.05) is 258 Å². The largest absolute Gasteiger partial charge is 0.497 e. The van der Waals surface area contributed by atoms with Crippen LogP contribution in [0.4, 0.5) is 0 Å². The number of para-hydroxylation sites is 4. The number of methoxy groups -OCH3 is 4. The Balaban J connectivity index is 0.000000224. The maximum Gasteiger partial charge on any atom is 0.339 e. The molecule has 11 aromatic carbocycles. The first-order valence-electron chi connectivity index (χ1n) is 45.0. The monoisotopic (exact) mass is 1890 g/mol. The predicted molar refractivity (Wildman–Crippen MR) is 532 cm³/mol. The number of carboxylic acid groups (broad SMARTS) is 3. The number of aryl methyl sites for hydroxylation is 8. The van der Waals surface area contributed by atoms with E-state index in [9.17, 15) is 48.9 Å². The second-order valence-electron chi connectivity index (χ2n) is 33.2. The SMILES string of the molecule is COc1ccc(CCc2ccccc2OC[C@H](CN(C)C)OC(=O)CC[C@@H](N)SC)cc1.COc1ccc(CCc2ccccc2OC[C@H](CN(C)C)OC(=O)c2ccccc2C(=O)O)cc1.COc1ccc(CCc2ccccc2OC[C@H](CN(C)C)OC(=O)c2ccccc2C(=O)O)cc1.COc1ccc(CCc2ccccc2OC[C@H](CN(C)C)OC(=O)c2ccccc2C(=O)O)cc1. The molecule has 5 N–H and O–H groups in total. The van der Waals surface area contributed by atoms with Crippen molar-refractivity contribution in [3.63, 3.8) is 0 Å². The average Bonchev–Trinajstić information content (AvgIpc) is 0.839. The summed E-state index contributed by atoms with van der Waals surface area (Å²) < 4.78 is 68.0. The van der Waals surface area contributed by atoms with Crippen molar-refractivity contribution in [1.29, 1.82) is 0 Å². The van der Waals surface area contributed by atoms with Gasteiger partial charge >= 0.3 is 41.8 Å². The number of esters is 4. The highest BCUT2D eigenvalue weighted by molar-refractivity contribution is 7.99. The number of hydrogen-bond donors (Lipinski definition) is 4. The van der Waals surface area contributed by atoms with Crippen molar-refractivity contribution in [3.8, 4) is 46.0 Å². The third-order valence-corrected chi connectivity index (χ3v) is 22.3. The van der Waals surface area contributed by atoms with Crippen molar-refractivity contribution in [3.05, 3.63) is 345 Å². The van der Waals surface area contributed by atoms with E-state index in [-0.39, 0.29) is 70.6 Å². The maximum atomic E-state index is 12.8. The standard InChI is InChI=1S/3C28H31NO6.C25H36N2O4S/c3*1-29(2)18-23(35-28(32)25-10-6-5-9-24(25)27(30)31)19-34-26-11-7-4-8-21(26)15-12-20-13-16-22(33-3)17-14-20;1-27(2)17-22(31-25(28)16-15-24(26)32-4)18-30-23-8-6-5-7-20(23)12-9-19-10-13-21(29-3)14-11-19/h3*4-11,13-14,16-17,23H,12,15,18-19H2,1-3H3,(H,30,31);5-8,10-11,13-14,22,24H,9,12,15-18,26H2,1-4H3/t3*23-;22-,24-/m0000/s1. The van der Waals surface area contributed by atoms with E-state index >= 15 is 0 Å². The predicted octanol–water partition coefficient (Wildman–Crippen LogP) is 16.8. The molecule has 0 radical (unpaired) electrons. The second-order valence-corrected chi connectivity index (χ2v) is 34.3. The minimum absolute atomic E-state index is 0.0173. The molecule has 0 saturated carbocycles. The number of thioether (sulfide) groups is 1. The van der Waals surface area contributed by atoms with Gasteiger partial charge in [-0.15, -0.1) is 11.8 Å². The van der Waals surface area contributed by atoms with Gasteiger partial charge in [-0.3, -0.25) is 4.79 Å². The summed E-state index contributed by atoms with van der Waals surface area (Å²) in [5.74, 6) is 0.502. The van der Waals surface area contributed by atoms with Crippen LogP contribution in [0, 0.1) is 0 Å². The number of nitrogens with zero attached hydrogens (tertiary/aromatic N) is 4. The van der Waals surface area contributed by atoms with Crippen molar-refractivity contribution < 1.29 is 106 Å². The summed E-state index contributed by atoms with van der Waals surface area (Å²) in [6.07, 6.45) is 7.36. The first-order chi connectivity index (χ1) is 66.0. The lowest BCUT2D eigenvalue weighted by Crippen LogP contribution is -2.35. The van der Waals surface area contributed by atoms with Gasteiger partial charge in [0, 0.05) is 32.6 Å². The summed E-state index contributed by atoms with van der Waals surface area (Å²) in [5, 5.41) is 28.1. The number of carboxylic acids is 3. The molecule has 0 saturated heterocycles. The number of carbonyl (C=O) groups excluding carboxylic acids is 4. The number of hydrogen-bond acceptors (Lipinski definition) is 25. The molecule has 0 fully saturated rings. The van der Waals surface area contributed by atoms with Crippen molar-refractivity contribution in [2.45, 2.75) is 94.0 Å². The average molecular weight is 1890 g/mol. The molecule has 11 aromatic rings. The van der Waals surface area contributed by atoms with Gasteiger partial charge in [0.1, 0.15) is 96.8 Å². The van der Waals surface area contributed by atoms with Gasteiger partial charge < -0.3 is 97.5 Å². The van der Waals surface area contributed by atoms with E-state index in [1.165, 1.54) is 58.7 Å². The normalized spacial score (nSPS) is 12.0. The van der Waals surface area contributed by atoms with E-state index in [2.05, 4.69) is 18.2 Å². The van der Waals surface area contributed by atoms with Gasteiger partial charge in [-0.2, -0.15) is 0 Å². The Morgan fingerprint density at radius 1 is 0.292 bits per heavy atom. The van der Waals surface area contributed by atoms with Crippen molar-refractivity contribution in [2.75, 3.05) is 144 Å². The molecule has 28 heteroatoms. The molecule has 0 spiro atoms. The summed E-state index contributed by atoms with van der Waals surface area (Å²) in [5.41, 5.74) is 14.8. The third-order valence-electron chi connectivity index (χ3n) is 21.4. The van der Waals surface area contributed by atoms with Crippen LogP contribution < -0.4 is 43.6 Å². The molecule has 27 nitrogen and oxygen atoms in total. The van der Waals surface area contributed by atoms with Gasteiger partial charge in [-0.1, -0.05) is 158 Å². The number of ether oxygens (including phenoxy) is 12. The molecule has 0 bridgehead atoms. The van der Waals surface area contributed by atoms with Crippen LogP contribution in [0.2, 0.25) is 0 Å². The zero-order chi connectivity index (χ0) is 99.0. The fourth-order valence-corrected chi connectivity index (χ4v) is 14.7.